The Morgan fingerprint density at radius 2 is 2.23 bits per heavy atom. The summed E-state index contributed by atoms with van der Waals surface area (Å²) in [7, 11) is 0. The summed E-state index contributed by atoms with van der Waals surface area (Å²) in [5, 5.41) is 13.5. The van der Waals surface area contributed by atoms with Crippen molar-refractivity contribution in [3.8, 4) is 5.95 Å². The Labute approximate surface area is 129 Å². The molecule has 4 N–H and O–H groups in total. The summed E-state index contributed by atoms with van der Waals surface area (Å²) in [5.74, 6) is 1.05. The van der Waals surface area contributed by atoms with E-state index < -0.39 is 0 Å². The van der Waals surface area contributed by atoms with E-state index in [4.69, 9.17) is 5.73 Å². The number of ketones is 1. The van der Waals surface area contributed by atoms with Gasteiger partial charge in [0.2, 0.25) is 17.1 Å². The Balaban J connectivity index is 1.80. The minimum absolute atomic E-state index is 0.00719. The highest BCUT2D eigenvalue weighted by molar-refractivity contribution is 7.99. The summed E-state index contributed by atoms with van der Waals surface area (Å²) in [6.07, 6.45) is 1.43. The second-order valence-corrected chi connectivity index (χ2v) is 5.59. The molecule has 0 aliphatic heterocycles. The van der Waals surface area contributed by atoms with Crippen LogP contribution in [-0.4, -0.2) is 46.5 Å². The van der Waals surface area contributed by atoms with E-state index in [1.165, 1.54) is 18.1 Å². The van der Waals surface area contributed by atoms with Gasteiger partial charge >= 0.3 is 0 Å². The van der Waals surface area contributed by atoms with Crippen LogP contribution in [0.25, 0.3) is 5.95 Å². The molecular weight excluding hydrogens is 304 g/mol. The minimum atomic E-state index is -0.00719. The highest BCUT2D eigenvalue weighted by Crippen LogP contribution is 2.21. The van der Waals surface area contributed by atoms with E-state index in [2.05, 4.69) is 30.4 Å². The number of aromatic amines is 2. The normalized spacial score (nSPS) is 11.0. The van der Waals surface area contributed by atoms with Gasteiger partial charge < -0.3 is 5.73 Å². The Kier molecular flexibility index (Phi) is 3.67. The fourth-order valence-electron chi connectivity index (χ4n) is 2.21. The molecule has 0 saturated heterocycles. The van der Waals surface area contributed by atoms with Crippen LogP contribution >= 0.6 is 11.8 Å². The number of thioether (sulfide) groups is 1. The largest absolute Gasteiger partial charge is 0.368 e. The fraction of sp³-hybridized carbons (Fsp3) is 0.250. The van der Waals surface area contributed by atoms with Crippen molar-refractivity contribution in [2.75, 3.05) is 11.5 Å². The summed E-state index contributed by atoms with van der Waals surface area (Å²) in [4.78, 5) is 20.5. The van der Waals surface area contributed by atoms with Crippen LogP contribution in [0.3, 0.4) is 0 Å². The number of rotatable bonds is 5. The molecule has 3 rings (SSSR count). The van der Waals surface area contributed by atoms with E-state index in [1.807, 2.05) is 24.5 Å². The van der Waals surface area contributed by atoms with Gasteiger partial charge in [0.05, 0.1) is 5.75 Å². The molecule has 9 nitrogen and oxygen atoms in total. The molecule has 0 unspecified atom stereocenters. The van der Waals surface area contributed by atoms with Crippen molar-refractivity contribution in [2.24, 2.45) is 0 Å². The molecule has 3 aromatic heterocycles. The zero-order valence-corrected chi connectivity index (χ0v) is 12.8. The standard InChI is InChI=1S/C12H14N8OS/c1-6-3-8(7(2)20(6)11-14-5-15-18-11)9(21)4-22-12-16-10(13)17-19-12/h3,5H,4H2,1-2H3,(H,14,15,18)(H3,13,16,17,19). The van der Waals surface area contributed by atoms with Crippen molar-refractivity contribution in [2.45, 2.75) is 19.0 Å². The number of carbonyl (C=O) groups excluding carboxylic acids is 1. The van der Waals surface area contributed by atoms with Crippen molar-refractivity contribution in [1.82, 2.24) is 34.9 Å². The number of aromatic nitrogens is 7. The van der Waals surface area contributed by atoms with Crippen molar-refractivity contribution in [1.29, 1.82) is 0 Å². The highest BCUT2D eigenvalue weighted by atomic mass is 32.2. The average molecular weight is 318 g/mol. The SMILES string of the molecule is Cc1cc(C(=O)CSc2n[nH]c(N)n2)c(C)n1-c1ncn[nH]1. The van der Waals surface area contributed by atoms with Gasteiger partial charge in [-0.2, -0.15) is 15.1 Å². The number of nitrogen functional groups attached to an aromatic ring is 1. The second kappa shape index (κ2) is 5.64. The molecule has 0 aliphatic carbocycles. The maximum Gasteiger partial charge on any atom is 0.229 e. The predicted molar refractivity (Wildman–Crippen MR) is 81.0 cm³/mol. The number of hydrogen-bond acceptors (Lipinski definition) is 7. The molecule has 0 saturated carbocycles. The molecule has 0 radical (unpaired) electrons. The van der Waals surface area contributed by atoms with Crippen molar-refractivity contribution < 1.29 is 4.79 Å². The van der Waals surface area contributed by atoms with Crippen LogP contribution in [0, 0.1) is 13.8 Å². The summed E-state index contributed by atoms with van der Waals surface area (Å²) < 4.78 is 1.86. The number of aryl methyl sites for hydroxylation is 1. The zero-order valence-electron chi connectivity index (χ0n) is 12.0. The highest BCUT2D eigenvalue weighted by Gasteiger charge is 2.18. The number of H-pyrrole nitrogens is 2. The first-order valence-corrected chi connectivity index (χ1v) is 7.43. The third kappa shape index (κ3) is 2.60. The lowest BCUT2D eigenvalue weighted by molar-refractivity contribution is 0.102. The molecule has 0 fully saturated rings. The van der Waals surface area contributed by atoms with Crippen LogP contribution < -0.4 is 5.73 Å². The molecule has 0 aliphatic rings. The Hall–Kier alpha value is -2.62. The number of nitrogens with two attached hydrogens (primary N) is 1. The van der Waals surface area contributed by atoms with E-state index in [0.29, 0.717) is 16.7 Å². The number of hydrogen-bond donors (Lipinski definition) is 3. The van der Waals surface area contributed by atoms with Crippen LogP contribution in [0.4, 0.5) is 5.95 Å². The lowest BCUT2D eigenvalue weighted by Gasteiger charge is -2.04. The van der Waals surface area contributed by atoms with Crippen LogP contribution in [0.15, 0.2) is 17.6 Å². The van der Waals surface area contributed by atoms with E-state index in [1.54, 1.807) is 0 Å². The minimum Gasteiger partial charge on any atom is -0.368 e. The molecule has 3 aromatic rings. The van der Waals surface area contributed by atoms with Crippen molar-refractivity contribution in [3.05, 3.63) is 29.3 Å². The number of anilines is 1. The molecule has 0 amide bonds. The van der Waals surface area contributed by atoms with Crippen LogP contribution in [0.5, 0.6) is 0 Å². The number of carbonyl (C=O) groups is 1. The fourth-order valence-corrected chi connectivity index (χ4v) is 2.90. The van der Waals surface area contributed by atoms with Gasteiger partial charge in [0.25, 0.3) is 0 Å². The van der Waals surface area contributed by atoms with Gasteiger partial charge in [0.1, 0.15) is 6.33 Å². The van der Waals surface area contributed by atoms with Gasteiger partial charge in [-0.15, -0.1) is 5.10 Å². The number of nitrogens with zero attached hydrogens (tertiary/aromatic N) is 5. The predicted octanol–water partition coefficient (Wildman–Crippen LogP) is 0.888. The Bertz CT molecular complexity index is 803. The molecule has 0 bridgehead atoms. The molecule has 22 heavy (non-hydrogen) atoms. The van der Waals surface area contributed by atoms with Gasteiger partial charge in [-0.25, -0.2) is 10.2 Å². The molecule has 0 atom stereocenters. The van der Waals surface area contributed by atoms with Crippen LogP contribution in [0.1, 0.15) is 21.7 Å². The molecule has 114 valence electrons. The third-order valence-corrected chi connectivity index (χ3v) is 4.01. The lowest BCUT2D eigenvalue weighted by Crippen LogP contribution is -2.06. The van der Waals surface area contributed by atoms with Crippen molar-refractivity contribution >= 4 is 23.5 Å². The lowest BCUT2D eigenvalue weighted by atomic mass is 10.2. The summed E-state index contributed by atoms with van der Waals surface area (Å²) in [5.41, 5.74) is 7.82. The third-order valence-electron chi connectivity index (χ3n) is 3.16. The van der Waals surface area contributed by atoms with E-state index in [0.717, 1.165) is 11.4 Å². The van der Waals surface area contributed by atoms with Gasteiger partial charge in [-0.1, -0.05) is 11.8 Å². The number of Topliss-reactive ketones (excluding diaryl/α,β-unsaturated/α-hetero) is 1. The quantitative estimate of drug-likeness (QED) is 0.470. The van der Waals surface area contributed by atoms with Crippen LogP contribution in [0.2, 0.25) is 0 Å². The van der Waals surface area contributed by atoms with E-state index in [9.17, 15) is 4.79 Å². The van der Waals surface area contributed by atoms with Crippen molar-refractivity contribution in [3.63, 3.8) is 0 Å². The first kappa shape index (κ1) is 14.3. The van der Waals surface area contributed by atoms with Gasteiger partial charge in [0, 0.05) is 17.0 Å². The van der Waals surface area contributed by atoms with Crippen LogP contribution in [-0.2, 0) is 0 Å². The smallest absolute Gasteiger partial charge is 0.229 e. The maximum atomic E-state index is 12.4. The molecule has 0 spiro atoms. The monoisotopic (exact) mass is 318 g/mol. The topological polar surface area (TPSA) is 131 Å². The van der Waals surface area contributed by atoms with Gasteiger partial charge in [-0.3, -0.25) is 9.36 Å². The average Bonchev–Trinajstić information content (AvgIpc) is 3.18. The van der Waals surface area contributed by atoms with Gasteiger partial charge in [0.15, 0.2) is 5.78 Å². The second-order valence-electron chi connectivity index (χ2n) is 4.64. The summed E-state index contributed by atoms with van der Waals surface area (Å²) >= 11 is 1.24. The van der Waals surface area contributed by atoms with E-state index >= 15 is 0 Å². The first-order valence-electron chi connectivity index (χ1n) is 6.45. The maximum absolute atomic E-state index is 12.4. The van der Waals surface area contributed by atoms with E-state index in [-0.39, 0.29) is 17.5 Å². The van der Waals surface area contributed by atoms with Gasteiger partial charge in [-0.05, 0) is 19.9 Å². The molecule has 3 heterocycles. The number of nitrogens with one attached hydrogen (secondary N) is 2. The summed E-state index contributed by atoms with van der Waals surface area (Å²) in [6, 6.07) is 1.84. The molecule has 10 heteroatoms. The Morgan fingerprint density at radius 1 is 1.41 bits per heavy atom. The zero-order chi connectivity index (χ0) is 15.7. The first-order chi connectivity index (χ1) is 10.6. The molecule has 0 aromatic carbocycles. The molecular formula is C12H14N8OS. The summed E-state index contributed by atoms with van der Waals surface area (Å²) in [6.45, 7) is 3.79. The Morgan fingerprint density at radius 3 is 2.86 bits per heavy atom.